The molecule has 19 heavy (non-hydrogen) atoms. The van der Waals surface area contributed by atoms with E-state index in [0.29, 0.717) is 5.41 Å². The van der Waals surface area contributed by atoms with Crippen molar-refractivity contribution in [3.63, 3.8) is 0 Å². The van der Waals surface area contributed by atoms with Gasteiger partial charge in [-0.25, -0.2) is 0 Å². The molecule has 2 nitrogen and oxygen atoms in total. The van der Waals surface area contributed by atoms with Crippen LogP contribution >= 0.6 is 0 Å². The number of hydrogen-bond acceptors (Lipinski definition) is 2. The van der Waals surface area contributed by atoms with Crippen molar-refractivity contribution in [1.82, 2.24) is 9.80 Å². The van der Waals surface area contributed by atoms with E-state index in [-0.39, 0.29) is 0 Å². The lowest BCUT2D eigenvalue weighted by molar-refractivity contribution is 0.126. The first-order valence-electron chi connectivity index (χ1n) is 7.71. The van der Waals surface area contributed by atoms with Gasteiger partial charge in [0.25, 0.3) is 0 Å². The first-order chi connectivity index (χ1) is 9.26. The molecule has 0 atom stereocenters. The van der Waals surface area contributed by atoms with Gasteiger partial charge in [0.05, 0.1) is 0 Å². The van der Waals surface area contributed by atoms with Gasteiger partial charge in [-0.1, -0.05) is 30.3 Å². The molecule has 2 heterocycles. The second-order valence-corrected chi connectivity index (χ2v) is 6.57. The smallest absolute Gasteiger partial charge is 0.00395 e. The molecule has 1 aromatic carbocycles. The summed E-state index contributed by atoms with van der Waals surface area (Å²) in [5.74, 6) is 0. The molecule has 0 N–H and O–H groups in total. The van der Waals surface area contributed by atoms with Crippen LogP contribution in [0, 0.1) is 5.41 Å². The molecule has 1 spiro atoms. The first kappa shape index (κ1) is 13.1. The van der Waals surface area contributed by atoms with Gasteiger partial charge in [0.2, 0.25) is 0 Å². The average Bonchev–Trinajstić information content (AvgIpc) is 2.85. The van der Waals surface area contributed by atoms with Crippen LogP contribution in [0.2, 0.25) is 0 Å². The highest BCUT2D eigenvalue weighted by molar-refractivity contribution is 5.15. The van der Waals surface area contributed by atoms with E-state index in [1.165, 1.54) is 64.0 Å². The summed E-state index contributed by atoms with van der Waals surface area (Å²) in [5.41, 5.74) is 2.13. The Bertz CT molecular complexity index is 393. The van der Waals surface area contributed by atoms with Crippen LogP contribution in [0.25, 0.3) is 0 Å². The minimum Gasteiger partial charge on any atom is -0.306 e. The van der Waals surface area contributed by atoms with Gasteiger partial charge in [-0.05, 0) is 63.3 Å². The Morgan fingerprint density at radius 1 is 1.00 bits per heavy atom. The van der Waals surface area contributed by atoms with Crippen molar-refractivity contribution in [2.45, 2.75) is 25.7 Å². The van der Waals surface area contributed by atoms with E-state index in [1.807, 2.05) is 0 Å². The fraction of sp³-hybridized carbons (Fsp3) is 0.647. The SMILES string of the molecule is CN1CCC2(CC1)CCN(CCc1ccccc1)C2. The van der Waals surface area contributed by atoms with Gasteiger partial charge in [0.1, 0.15) is 0 Å². The van der Waals surface area contributed by atoms with Gasteiger partial charge in [-0.15, -0.1) is 0 Å². The molecule has 0 radical (unpaired) electrons. The Kier molecular flexibility index (Phi) is 3.90. The molecule has 0 saturated carbocycles. The Morgan fingerprint density at radius 3 is 2.42 bits per heavy atom. The predicted octanol–water partition coefficient (Wildman–Crippen LogP) is 2.65. The summed E-state index contributed by atoms with van der Waals surface area (Å²) >= 11 is 0. The fourth-order valence-electron chi connectivity index (χ4n) is 3.65. The van der Waals surface area contributed by atoms with Gasteiger partial charge in [0, 0.05) is 13.1 Å². The molecular weight excluding hydrogens is 232 g/mol. The first-order valence-corrected chi connectivity index (χ1v) is 7.71. The maximum Gasteiger partial charge on any atom is 0.00395 e. The lowest BCUT2D eigenvalue weighted by Gasteiger charge is -2.37. The van der Waals surface area contributed by atoms with Gasteiger partial charge >= 0.3 is 0 Å². The minimum absolute atomic E-state index is 0.656. The highest BCUT2D eigenvalue weighted by atomic mass is 15.2. The molecule has 2 heteroatoms. The maximum absolute atomic E-state index is 2.69. The third-order valence-corrected chi connectivity index (χ3v) is 5.12. The molecule has 2 aliphatic rings. The Balaban J connectivity index is 1.49. The Morgan fingerprint density at radius 2 is 1.68 bits per heavy atom. The molecular formula is C17H26N2. The molecule has 2 saturated heterocycles. The quantitative estimate of drug-likeness (QED) is 0.822. The van der Waals surface area contributed by atoms with Crippen LogP contribution in [0.5, 0.6) is 0 Å². The summed E-state index contributed by atoms with van der Waals surface area (Å²) in [6.07, 6.45) is 5.45. The predicted molar refractivity (Wildman–Crippen MR) is 80.4 cm³/mol. The van der Waals surface area contributed by atoms with Crippen LogP contribution in [0.3, 0.4) is 0 Å². The van der Waals surface area contributed by atoms with Crippen LogP contribution in [0.15, 0.2) is 30.3 Å². The molecule has 0 amide bonds. The Labute approximate surface area is 117 Å². The van der Waals surface area contributed by atoms with E-state index in [4.69, 9.17) is 0 Å². The molecule has 3 rings (SSSR count). The monoisotopic (exact) mass is 258 g/mol. The average molecular weight is 258 g/mol. The highest BCUT2D eigenvalue weighted by Gasteiger charge is 2.39. The van der Waals surface area contributed by atoms with E-state index in [2.05, 4.69) is 47.2 Å². The topological polar surface area (TPSA) is 6.48 Å². The molecule has 2 fully saturated rings. The molecule has 1 aromatic rings. The number of piperidine rings is 1. The summed E-state index contributed by atoms with van der Waals surface area (Å²) in [5, 5.41) is 0. The van der Waals surface area contributed by atoms with Crippen molar-refractivity contribution in [3.8, 4) is 0 Å². The van der Waals surface area contributed by atoms with E-state index in [0.717, 1.165) is 0 Å². The zero-order valence-electron chi connectivity index (χ0n) is 12.1. The minimum atomic E-state index is 0.656. The number of benzene rings is 1. The number of rotatable bonds is 3. The summed E-state index contributed by atoms with van der Waals surface area (Å²) in [6, 6.07) is 10.9. The molecule has 2 aliphatic heterocycles. The summed E-state index contributed by atoms with van der Waals surface area (Å²) in [6.45, 7) is 6.49. The fourth-order valence-corrected chi connectivity index (χ4v) is 3.65. The number of nitrogens with zero attached hydrogens (tertiary/aromatic N) is 2. The highest BCUT2D eigenvalue weighted by Crippen LogP contribution is 2.39. The van der Waals surface area contributed by atoms with Crippen molar-refractivity contribution in [3.05, 3.63) is 35.9 Å². The Hall–Kier alpha value is -0.860. The van der Waals surface area contributed by atoms with E-state index in [1.54, 1.807) is 0 Å². The van der Waals surface area contributed by atoms with Gasteiger partial charge in [0.15, 0.2) is 0 Å². The van der Waals surface area contributed by atoms with Crippen LogP contribution in [0.4, 0.5) is 0 Å². The second kappa shape index (κ2) is 5.64. The largest absolute Gasteiger partial charge is 0.306 e. The zero-order chi connectivity index (χ0) is 13.1. The van der Waals surface area contributed by atoms with Crippen molar-refractivity contribution >= 4 is 0 Å². The maximum atomic E-state index is 2.69. The third-order valence-electron chi connectivity index (χ3n) is 5.12. The van der Waals surface area contributed by atoms with E-state index in [9.17, 15) is 0 Å². The van der Waals surface area contributed by atoms with E-state index < -0.39 is 0 Å². The number of hydrogen-bond donors (Lipinski definition) is 0. The van der Waals surface area contributed by atoms with Gasteiger partial charge in [-0.2, -0.15) is 0 Å². The molecule has 104 valence electrons. The normalized spacial score (nSPS) is 24.1. The molecule has 0 unspecified atom stereocenters. The van der Waals surface area contributed by atoms with Gasteiger partial charge in [-0.3, -0.25) is 0 Å². The lowest BCUT2D eigenvalue weighted by atomic mass is 9.78. The second-order valence-electron chi connectivity index (χ2n) is 6.57. The molecule has 0 bridgehead atoms. The van der Waals surface area contributed by atoms with Crippen LogP contribution in [-0.4, -0.2) is 49.6 Å². The van der Waals surface area contributed by atoms with Crippen LogP contribution in [0.1, 0.15) is 24.8 Å². The number of likely N-dealkylation sites (tertiary alicyclic amines) is 2. The van der Waals surface area contributed by atoms with Crippen molar-refractivity contribution in [2.75, 3.05) is 39.8 Å². The third kappa shape index (κ3) is 3.18. The zero-order valence-corrected chi connectivity index (χ0v) is 12.1. The van der Waals surface area contributed by atoms with Crippen LogP contribution < -0.4 is 0 Å². The standard InChI is InChI=1S/C17H26N2/c1-18-12-8-17(9-13-18)10-14-19(15-17)11-7-16-5-3-2-4-6-16/h2-6H,7-15H2,1H3. The van der Waals surface area contributed by atoms with Crippen molar-refractivity contribution in [2.24, 2.45) is 5.41 Å². The van der Waals surface area contributed by atoms with Crippen LogP contribution in [-0.2, 0) is 6.42 Å². The van der Waals surface area contributed by atoms with E-state index >= 15 is 0 Å². The lowest BCUT2D eigenvalue weighted by Crippen LogP contribution is -2.39. The summed E-state index contributed by atoms with van der Waals surface area (Å²) in [7, 11) is 2.26. The molecule has 0 aromatic heterocycles. The molecule has 0 aliphatic carbocycles. The van der Waals surface area contributed by atoms with Crippen molar-refractivity contribution < 1.29 is 0 Å². The summed E-state index contributed by atoms with van der Waals surface area (Å²) in [4.78, 5) is 5.18. The van der Waals surface area contributed by atoms with Gasteiger partial charge < -0.3 is 9.80 Å². The van der Waals surface area contributed by atoms with Crippen molar-refractivity contribution in [1.29, 1.82) is 0 Å². The summed E-state index contributed by atoms with van der Waals surface area (Å²) < 4.78 is 0.